The maximum absolute atomic E-state index is 11.5. The lowest BCUT2D eigenvalue weighted by Gasteiger charge is -2.47. The third-order valence-electron chi connectivity index (χ3n) is 24.9. The lowest BCUT2D eigenvalue weighted by atomic mass is 9.75. The van der Waals surface area contributed by atoms with Gasteiger partial charge in [0, 0.05) is 169 Å². The van der Waals surface area contributed by atoms with Gasteiger partial charge in [0.05, 0.1) is 156 Å². The van der Waals surface area contributed by atoms with Gasteiger partial charge in [-0.2, -0.15) is 0 Å². The molecule has 6 fully saturated rings. The number of rotatable bonds is 22. The smallest absolute Gasteiger partial charge is 0.161 e. The number of ether oxygens (including phenoxy) is 12. The predicted molar refractivity (Wildman–Crippen MR) is 556 cm³/mol. The fourth-order valence-corrected chi connectivity index (χ4v) is 18.5. The Hall–Kier alpha value is -7.56. The van der Waals surface area contributed by atoms with Crippen molar-refractivity contribution in [2.75, 3.05) is 163 Å². The predicted octanol–water partition coefficient (Wildman–Crippen LogP) is 19.0. The summed E-state index contributed by atoms with van der Waals surface area (Å²) in [4.78, 5) is 6.63. The highest BCUT2D eigenvalue weighted by molar-refractivity contribution is 5.55. The molecule has 0 aliphatic carbocycles. The number of benzene rings is 6. The van der Waals surface area contributed by atoms with Gasteiger partial charge in [0.1, 0.15) is 0 Å². The second-order valence-corrected chi connectivity index (χ2v) is 37.4. The Morgan fingerprint density at radius 3 is 0.771 bits per heavy atom. The summed E-state index contributed by atoms with van der Waals surface area (Å²) in [5, 5.41) is 66.9. The van der Waals surface area contributed by atoms with E-state index in [2.05, 4.69) is 0 Å². The lowest BCUT2D eigenvalue weighted by Crippen LogP contribution is -2.48. The molecule has 6 aromatic carbocycles. The van der Waals surface area contributed by atoms with E-state index in [-0.39, 0.29) is 264 Å². The Labute approximate surface area is 931 Å². The van der Waals surface area contributed by atoms with Crippen LogP contribution in [0.4, 0.5) is 0 Å². The molecule has 24 heteroatoms. The first kappa shape index (κ1) is 52.2. The summed E-state index contributed by atoms with van der Waals surface area (Å²) < 4.78 is 607. The Balaban J connectivity index is 0.000000198. The molecular weight excluding hydrogens is 1770 g/mol. The molecule has 24 nitrogen and oxygen atoms in total. The molecule has 0 spiro atoms. The maximum atomic E-state index is 11.5. The van der Waals surface area contributed by atoms with Crippen molar-refractivity contribution in [1.82, 2.24) is 29.4 Å². The number of hydrogen-bond donors (Lipinski definition) is 6. The van der Waals surface area contributed by atoms with Crippen molar-refractivity contribution >= 4 is 0 Å². The van der Waals surface area contributed by atoms with Crippen LogP contribution in [0.5, 0.6) is 69.0 Å². The molecule has 12 aliphatic rings. The standard InChI is InChI=1S/2C20H31NO3.4C19H29NO3/c2*1-20(2,3)11-14-12-21-7-6-13-8-18(23-4)19(24-5)9-15(13)16(21)10-17(14)22;4*1-12(2)7-14-11-20-6-5-13-8-18(22-3)19(23-4)9-15(13)16(20)10-17(14)21/h2*8-9,14,16-17,22H,6-7,10-12H2,1-5H3;4*8-9,12,14,16-17,21H,5-7,10-11H2,1-4H3/i1D3,2D3,8D,9D,10D2,11D2,12D2,14D,17D;1D3,2D3,5D3,8D,9D,11D2,12D2;4D3,8D,9D,10D2,11D2,14D,17D;2*8D,9D,10D2,11D2,14D,17D;4D3,8D,9D,11D2. The van der Waals surface area contributed by atoms with Gasteiger partial charge >= 0.3 is 0 Å². The Morgan fingerprint density at radius 1 is 0.307 bits per heavy atom. The molecule has 6 aromatic rings. The molecule has 0 bridgehead atoms. The van der Waals surface area contributed by atoms with Gasteiger partial charge in [-0.15, -0.1) is 0 Å². The molecule has 18 unspecified atom stereocenters. The lowest BCUT2D eigenvalue weighted by molar-refractivity contribution is -0.0259. The normalized spacial score (nSPS) is 42.9. The van der Waals surface area contributed by atoms with Crippen molar-refractivity contribution in [1.29, 1.82) is 0 Å². The van der Waals surface area contributed by atoms with Gasteiger partial charge in [-0.25, -0.2) is 0 Å². The van der Waals surface area contributed by atoms with E-state index in [9.17, 15) is 30.6 Å². The van der Waals surface area contributed by atoms with Crippen LogP contribution in [0, 0.1) is 69.9 Å². The van der Waals surface area contributed by atoms with Crippen molar-refractivity contribution < 1.29 is 177 Å². The van der Waals surface area contributed by atoms with Crippen molar-refractivity contribution in [3.63, 3.8) is 0 Å². The van der Waals surface area contributed by atoms with Gasteiger partial charge in [-0.1, -0.05) is 96.6 Å². The number of hydrogen-bond acceptors (Lipinski definition) is 24. The zero-order chi connectivity index (χ0) is 158. The summed E-state index contributed by atoms with van der Waals surface area (Å²) in [6.07, 6.45) is -36.4. The van der Waals surface area contributed by atoms with Gasteiger partial charge in [0.2, 0.25) is 0 Å². The van der Waals surface area contributed by atoms with Crippen LogP contribution in [0.1, 0.15) is 366 Å². The summed E-state index contributed by atoms with van der Waals surface area (Å²) in [5.41, 5.74) is -5.52. The van der Waals surface area contributed by atoms with E-state index in [0.29, 0.717) is 60.4 Å². The van der Waals surface area contributed by atoms with E-state index in [4.69, 9.17) is 146 Å². The number of piperidine rings is 6. The van der Waals surface area contributed by atoms with Crippen molar-refractivity contribution in [2.24, 2.45) is 69.9 Å². The fourth-order valence-electron chi connectivity index (χ4n) is 18.5. The highest BCUT2D eigenvalue weighted by Gasteiger charge is 2.47. The van der Waals surface area contributed by atoms with Crippen LogP contribution in [0.25, 0.3) is 0 Å². The number of aliphatic hydroxyl groups excluding tert-OH is 2. The summed E-state index contributed by atoms with van der Waals surface area (Å²) in [6.45, 7) is -15.6. The largest absolute Gasteiger partial charge is 0.493 e. The van der Waals surface area contributed by atoms with Crippen LogP contribution < -0.4 is 56.8 Å². The minimum atomic E-state index is -4.16. The first-order valence-corrected chi connectivity index (χ1v) is 46.6. The van der Waals surface area contributed by atoms with E-state index < -0.39 is 287 Å². The maximum Gasteiger partial charge on any atom is 0.161 e. The second kappa shape index (κ2) is 48.6. The molecule has 12 heterocycles. The molecule has 140 heavy (non-hydrogen) atoms. The van der Waals surface area contributed by atoms with Crippen LogP contribution in [0.15, 0.2) is 72.5 Å². The fraction of sp³-hybridized carbons (Fsp3) is 0.690. The number of methoxy groups -OCH3 is 12. The SMILES string of the molecule is [2H]c1c2c(c([2H])c(OC([2H])([2H])[2H])c1OC)C1CC(O)C(C([2H])([2H])C(C)(C([2H])([2H])[2H])C([2H])([2H])[2H])C([2H])([2H])N1CC2.[2H]c1c2c(c([2H])c(OC([2H])([2H])[2H])c1OC)C1CC(O)C(CC(C)C)C([2H])([2H])N1CC2.[2H]c1c2c(c([2H])c(OC([2H])([2H])[2H])c1OC)C1N(CC2)C([2H])([2H])C([2H])(CC(C)C)C([2H])(O)C1([2H])[2H].[2H]c1c2c(c([2H])c(OC)c1OC)C1N(CC2)C([2H])([2H])C([2H])(C([2H])([2H])C(C)(C([2H])([2H])[2H])C([2H])([2H])[2H])C([2H])(O)C1([2H])[2H].[2H]c1c2c(c([2H])c(OC)c1OC)C1N(CC2)C([2H])([2H])C([2H])(CC(C)C)C([2H])(O)C1([2H])[2H].[2H]c1c2c(c([2H])c(OC)c1OC)C1N(CC2)C([2H])([2H])C([2H])(CC(C)C)C([2H])(O)C1([2H])[2H]. The van der Waals surface area contributed by atoms with E-state index in [1.807, 2.05) is 13.8 Å². The topological polar surface area (TPSA) is 252 Å². The molecule has 18 atom stereocenters. The third-order valence-corrected chi connectivity index (χ3v) is 24.9. The first-order valence-electron chi connectivity index (χ1n) is 79.1. The summed E-state index contributed by atoms with van der Waals surface area (Å²) in [5.74, 6) is -18.0. The molecule has 0 saturated carbocycles. The minimum absolute atomic E-state index is 0.00897. The van der Waals surface area contributed by atoms with E-state index in [1.54, 1.807) is 46.4 Å². The van der Waals surface area contributed by atoms with E-state index >= 15 is 0 Å². The molecule has 0 aromatic heterocycles. The van der Waals surface area contributed by atoms with Crippen LogP contribution in [-0.2, 0) is 38.5 Å². The molecule has 0 radical (unpaired) electrons. The van der Waals surface area contributed by atoms with Crippen LogP contribution in [0.2, 0.25) is 0 Å². The van der Waals surface area contributed by atoms with Gasteiger partial charge in [0.15, 0.2) is 69.0 Å². The molecule has 780 valence electrons. The highest BCUT2D eigenvalue weighted by Crippen LogP contribution is 2.53. The summed E-state index contributed by atoms with van der Waals surface area (Å²) >= 11 is 0. The van der Waals surface area contributed by atoms with E-state index in [0.717, 1.165) is 26.7 Å². The van der Waals surface area contributed by atoms with Crippen molar-refractivity contribution in [3.05, 3.63) is 139 Å². The second-order valence-electron chi connectivity index (χ2n) is 37.4. The Kier molecular flexibility index (Phi) is 18.1. The van der Waals surface area contributed by atoms with Crippen molar-refractivity contribution in [3.8, 4) is 69.0 Å². The zero-order valence-electron chi connectivity index (χ0n) is 148. The quantitative estimate of drug-likeness (QED) is 0.0369. The van der Waals surface area contributed by atoms with Gasteiger partial charge < -0.3 is 87.5 Å². The molecule has 6 N–H and O–H groups in total. The minimum Gasteiger partial charge on any atom is -0.493 e. The molecular formula is C116H178N6O18. The number of aliphatic hydroxyl groups is 6. The van der Waals surface area contributed by atoms with Gasteiger partial charge in [-0.3, -0.25) is 29.4 Å². The Bertz CT molecular complexity index is 8120. The average molecular weight is 2010 g/mol. The third kappa shape index (κ3) is 26.3. The van der Waals surface area contributed by atoms with Crippen LogP contribution in [0.3, 0.4) is 0 Å². The molecule has 6 saturated heterocycles. The summed E-state index contributed by atoms with van der Waals surface area (Å²) in [6, 6.07) is -12.5. The van der Waals surface area contributed by atoms with Crippen molar-refractivity contribution in [2.45, 2.75) is 285 Å². The van der Waals surface area contributed by atoms with E-state index in [1.165, 1.54) is 56.9 Å². The van der Waals surface area contributed by atoms with Gasteiger partial charge in [0.25, 0.3) is 0 Å². The molecule has 0 amide bonds. The van der Waals surface area contributed by atoms with Crippen LogP contribution >= 0.6 is 0 Å². The highest BCUT2D eigenvalue weighted by atomic mass is 16.5. The van der Waals surface area contributed by atoms with Gasteiger partial charge in [-0.05, 0) is 324 Å². The average Bonchev–Trinajstić information content (AvgIpc) is 0.641. The Morgan fingerprint density at radius 2 is 0.521 bits per heavy atom. The van der Waals surface area contributed by atoms with Crippen LogP contribution in [-0.4, -0.2) is 260 Å². The first-order chi connectivity index (χ1) is 92.3. The monoisotopic (exact) mass is 2010 g/mol. The number of fused-ring (bicyclic) bond motifs is 18. The molecule has 18 rings (SSSR count). The number of nitrogens with zero attached hydrogens (tertiary/aromatic N) is 6. The summed E-state index contributed by atoms with van der Waals surface area (Å²) in [7, 11) is 2.35. The zero-order valence-corrected chi connectivity index (χ0v) is 82.6. The molecule has 12 aliphatic heterocycles.